The molecular formula is C26H19ClN2O5. The number of aromatic nitrogens is 1. The summed E-state index contributed by atoms with van der Waals surface area (Å²) in [5.74, 6) is -1.57. The molecule has 1 N–H and O–H groups in total. The third-order valence-electron chi connectivity index (χ3n) is 5.87. The van der Waals surface area contributed by atoms with Crippen LogP contribution in [-0.4, -0.2) is 28.9 Å². The standard InChI is InChI=1S/C26H19ClN2O5/c1-14-16(27)8-6-10-18(14)29-22(17-9-3-4-12-28-17)21(24(31)26(29)32)23(30)20-13-15-7-5-11-19(33-2)25(15)34-20/h3-13,22,31H,1-2H3. The molecule has 5 rings (SSSR count). The number of benzene rings is 2. The Morgan fingerprint density at radius 2 is 1.94 bits per heavy atom. The molecule has 1 aliphatic rings. The van der Waals surface area contributed by atoms with Crippen molar-refractivity contribution in [1.29, 1.82) is 0 Å². The Balaban J connectivity index is 1.68. The second kappa shape index (κ2) is 8.35. The van der Waals surface area contributed by atoms with E-state index in [1.54, 1.807) is 73.8 Å². The smallest absolute Gasteiger partial charge is 0.294 e. The zero-order valence-corrected chi connectivity index (χ0v) is 19.0. The van der Waals surface area contributed by atoms with E-state index >= 15 is 0 Å². The molecule has 0 radical (unpaired) electrons. The zero-order valence-electron chi connectivity index (χ0n) is 18.3. The van der Waals surface area contributed by atoms with Gasteiger partial charge >= 0.3 is 0 Å². The first kappa shape index (κ1) is 21.7. The first-order valence-electron chi connectivity index (χ1n) is 10.5. The molecule has 1 amide bonds. The molecule has 2 aromatic carbocycles. The quantitative estimate of drug-likeness (QED) is 0.379. The van der Waals surface area contributed by atoms with Crippen LogP contribution in [-0.2, 0) is 4.79 Å². The molecule has 0 spiro atoms. The predicted molar refractivity (Wildman–Crippen MR) is 127 cm³/mol. The summed E-state index contributed by atoms with van der Waals surface area (Å²) in [4.78, 5) is 32.7. The highest BCUT2D eigenvalue weighted by Crippen LogP contribution is 2.43. The molecule has 0 saturated heterocycles. The fraction of sp³-hybridized carbons (Fsp3) is 0.115. The van der Waals surface area contributed by atoms with Crippen LogP contribution in [0.3, 0.4) is 0 Å². The van der Waals surface area contributed by atoms with E-state index in [4.69, 9.17) is 20.8 Å². The Hall–Kier alpha value is -4.10. The number of methoxy groups -OCH3 is 1. The van der Waals surface area contributed by atoms with Crippen molar-refractivity contribution in [1.82, 2.24) is 4.98 Å². The summed E-state index contributed by atoms with van der Waals surface area (Å²) < 4.78 is 11.1. The molecule has 7 nitrogen and oxygen atoms in total. The van der Waals surface area contributed by atoms with Gasteiger partial charge in [0, 0.05) is 22.3 Å². The molecule has 0 aliphatic carbocycles. The molecule has 0 saturated carbocycles. The Kier molecular flexibility index (Phi) is 5.34. The summed E-state index contributed by atoms with van der Waals surface area (Å²) >= 11 is 6.32. The summed E-state index contributed by atoms with van der Waals surface area (Å²) in [6, 6.07) is 16.2. The van der Waals surface area contributed by atoms with E-state index in [2.05, 4.69) is 4.98 Å². The molecule has 1 aliphatic heterocycles. The van der Waals surface area contributed by atoms with Gasteiger partial charge in [-0.15, -0.1) is 0 Å². The second-order valence-electron chi connectivity index (χ2n) is 7.80. The van der Waals surface area contributed by atoms with Crippen LogP contribution < -0.4 is 9.64 Å². The first-order chi connectivity index (χ1) is 16.4. The maximum Gasteiger partial charge on any atom is 0.294 e. The van der Waals surface area contributed by atoms with Crippen molar-refractivity contribution in [2.24, 2.45) is 0 Å². The number of pyridine rings is 1. The highest BCUT2D eigenvalue weighted by atomic mass is 35.5. The first-order valence-corrected chi connectivity index (χ1v) is 10.8. The largest absolute Gasteiger partial charge is 0.503 e. The van der Waals surface area contributed by atoms with Gasteiger partial charge in [-0.25, -0.2) is 0 Å². The van der Waals surface area contributed by atoms with Gasteiger partial charge in [0.25, 0.3) is 5.91 Å². The number of hydrogen-bond acceptors (Lipinski definition) is 6. The van der Waals surface area contributed by atoms with Gasteiger partial charge in [-0.1, -0.05) is 35.9 Å². The average molecular weight is 475 g/mol. The van der Waals surface area contributed by atoms with Crippen LogP contribution >= 0.6 is 11.6 Å². The molecule has 170 valence electrons. The van der Waals surface area contributed by atoms with Gasteiger partial charge in [-0.3, -0.25) is 19.5 Å². The van der Waals surface area contributed by atoms with Crippen LogP contribution in [0.1, 0.15) is 27.9 Å². The van der Waals surface area contributed by atoms with Gasteiger partial charge in [0.05, 0.1) is 18.4 Å². The fourth-order valence-corrected chi connectivity index (χ4v) is 4.37. The van der Waals surface area contributed by atoms with E-state index in [9.17, 15) is 14.7 Å². The number of furan rings is 1. The predicted octanol–water partition coefficient (Wildman–Crippen LogP) is 5.58. The second-order valence-corrected chi connectivity index (χ2v) is 8.20. The molecule has 1 atom stereocenters. The number of carbonyl (C=O) groups is 2. The lowest BCUT2D eigenvalue weighted by molar-refractivity contribution is -0.117. The zero-order chi connectivity index (χ0) is 24.0. The minimum Gasteiger partial charge on any atom is -0.503 e. The van der Waals surface area contributed by atoms with Crippen LogP contribution in [0.25, 0.3) is 11.0 Å². The van der Waals surface area contributed by atoms with Crippen molar-refractivity contribution in [2.45, 2.75) is 13.0 Å². The minimum atomic E-state index is -0.978. The number of Topliss-reactive ketones (excluding diaryl/α,β-unsaturated/α-hetero) is 1. The van der Waals surface area contributed by atoms with Gasteiger partial charge in [-0.2, -0.15) is 0 Å². The fourth-order valence-electron chi connectivity index (χ4n) is 4.20. The summed E-state index contributed by atoms with van der Waals surface area (Å²) in [7, 11) is 1.51. The summed E-state index contributed by atoms with van der Waals surface area (Å²) in [5, 5.41) is 12.0. The lowest BCUT2D eigenvalue weighted by Crippen LogP contribution is -2.32. The highest BCUT2D eigenvalue weighted by Gasteiger charge is 2.46. The third-order valence-corrected chi connectivity index (χ3v) is 6.28. The summed E-state index contributed by atoms with van der Waals surface area (Å²) in [5.41, 5.74) is 1.79. The Morgan fingerprint density at radius 3 is 2.68 bits per heavy atom. The third kappa shape index (κ3) is 3.33. The Bertz CT molecular complexity index is 1480. The van der Waals surface area contributed by atoms with Crippen LogP contribution in [0.15, 0.2) is 82.6 Å². The lowest BCUT2D eigenvalue weighted by atomic mass is 9.97. The van der Waals surface area contributed by atoms with Crippen molar-refractivity contribution in [3.05, 3.63) is 100 Å². The van der Waals surface area contributed by atoms with E-state index < -0.39 is 23.5 Å². The lowest BCUT2D eigenvalue weighted by Gasteiger charge is -2.27. The number of anilines is 1. The van der Waals surface area contributed by atoms with Crippen molar-refractivity contribution < 1.29 is 23.8 Å². The number of aliphatic hydroxyl groups excluding tert-OH is 1. The van der Waals surface area contributed by atoms with E-state index in [1.165, 1.54) is 12.0 Å². The van der Waals surface area contributed by atoms with Gasteiger partial charge in [-0.05, 0) is 48.9 Å². The SMILES string of the molecule is COc1cccc2cc(C(=O)C3=C(O)C(=O)N(c4cccc(Cl)c4C)C3c3ccccn3)oc12. The van der Waals surface area contributed by atoms with E-state index in [0.29, 0.717) is 38.7 Å². The van der Waals surface area contributed by atoms with E-state index in [0.717, 1.165) is 0 Å². The number of aliphatic hydroxyl groups is 1. The van der Waals surface area contributed by atoms with E-state index in [-0.39, 0.29) is 11.3 Å². The van der Waals surface area contributed by atoms with E-state index in [1.807, 2.05) is 0 Å². The van der Waals surface area contributed by atoms with Crippen molar-refractivity contribution >= 4 is 39.9 Å². The molecule has 3 heterocycles. The molecule has 1 unspecified atom stereocenters. The van der Waals surface area contributed by atoms with Crippen molar-refractivity contribution in [3.63, 3.8) is 0 Å². The number of para-hydroxylation sites is 1. The molecule has 0 bridgehead atoms. The Labute approximate surface area is 199 Å². The molecule has 34 heavy (non-hydrogen) atoms. The average Bonchev–Trinajstić information content (AvgIpc) is 3.40. The van der Waals surface area contributed by atoms with Crippen molar-refractivity contribution in [3.8, 4) is 5.75 Å². The number of amides is 1. The normalized spacial score (nSPS) is 15.9. The van der Waals surface area contributed by atoms with Gasteiger partial charge in [0.2, 0.25) is 5.78 Å². The van der Waals surface area contributed by atoms with Crippen LogP contribution in [0.2, 0.25) is 5.02 Å². The van der Waals surface area contributed by atoms with Crippen LogP contribution in [0, 0.1) is 6.92 Å². The number of carbonyl (C=O) groups excluding carboxylic acids is 2. The number of ether oxygens (including phenoxy) is 1. The highest BCUT2D eigenvalue weighted by molar-refractivity contribution is 6.32. The number of hydrogen-bond donors (Lipinski definition) is 1. The molecule has 2 aromatic heterocycles. The molecule has 4 aromatic rings. The molecular weight excluding hydrogens is 456 g/mol. The van der Waals surface area contributed by atoms with Crippen LogP contribution in [0.4, 0.5) is 5.69 Å². The number of halogens is 1. The van der Waals surface area contributed by atoms with Gasteiger partial charge in [0.1, 0.15) is 6.04 Å². The number of rotatable bonds is 5. The van der Waals surface area contributed by atoms with Gasteiger partial charge in [0.15, 0.2) is 22.9 Å². The molecule has 0 fully saturated rings. The summed E-state index contributed by atoms with van der Waals surface area (Å²) in [6.45, 7) is 1.77. The number of ketones is 1. The van der Waals surface area contributed by atoms with Gasteiger partial charge < -0.3 is 14.3 Å². The summed E-state index contributed by atoms with van der Waals surface area (Å²) in [6.07, 6.45) is 1.56. The molecule has 8 heteroatoms. The maximum atomic E-state index is 13.7. The number of fused-ring (bicyclic) bond motifs is 1. The van der Waals surface area contributed by atoms with Crippen molar-refractivity contribution in [2.75, 3.05) is 12.0 Å². The Morgan fingerprint density at radius 1 is 1.15 bits per heavy atom. The maximum absolute atomic E-state index is 13.7. The monoisotopic (exact) mass is 474 g/mol. The van der Waals surface area contributed by atoms with Crippen LogP contribution in [0.5, 0.6) is 5.75 Å². The topological polar surface area (TPSA) is 92.9 Å². The number of nitrogens with zero attached hydrogens (tertiary/aromatic N) is 2. The minimum absolute atomic E-state index is 0.0283.